The zero-order valence-electron chi connectivity index (χ0n) is 13.1. The van der Waals surface area contributed by atoms with Gasteiger partial charge in [0.25, 0.3) is 0 Å². The summed E-state index contributed by atoms with van der Waals surface area (Å²) in [6.07, 6.45) is 1.12. The summed E-state index contributed by atoms with van der Waals surface area (Å²) in [4.78, 5) is 14.1. The molecule has 0 unspecified atom stereocenters. The van der Waals surface area contributed by atoms with E-state index in [9.17, 15) is 4.79 Å². The number of anilines is 1. The van der Waals surface area contributed by atoms with Gasteiger partial charge in [-0.15, -0.1) is 0 Å². The Morgan fingerprint density at radius 1 is 1.15 bits per heavy atom. The van der Waals surface area contributed by atoms with E-state index < -0.39 is 0 Å². The molecule has 0 bridgehead atoms. The third-order valence-corrected chi connectivity index (χ3v) is 3.14. The smallest absolute Gasteiger partial charge is 0.319 e. The Labute approximate surface area is 122 Å². The molecule has 1 aromatic carbocycles. The zero-order valence-corrected chi connectivity index (χ0v) is 13.1. The molecule has 0 saturated carbocycles. The van der Waals surface area contributed by atoms with Crippen LogP contribution in [-0.4, -0.2) is 36.1 Å². The van der Waals surface area contributed by atoms with Crippen LogP contribution in [0.5, 0.6) is 0 Å². The molecule has 112 valence electrons. The monoisotopic (exact) mass is 277 g/mol. The largest absolute Gasteiger partial charge is 0.337 e. The highest BCUT2D eigenvalue weighted by Crippen LogP contribution is 2.12. The van der Waals surface area contributed by atoms with E-state index in [1.807, 2.05) is 30.3 Å². The fourth-order valence-electron chi connectivity index (χ4n) is 2.05. The molecular formula is C16H27N3O. The highest BCUT2D eigenvalue weighted by Gasteiger charge is 2.19. The van der Waals surface area contributed by atoms with Crippen molar-refractivity contribution in [2.24, 2.45) is 0 Å². The van der Waals surface area contributed by atoms with Crippen LogP contribution in [0.15, 0.2) is 30.3 Å². The number of nitrogens with one attached hydrogen (secondary N) is 2. The first-order valence-electron chi connectivity index (χ1n) is 7.28. The Kier molecular flexibility index (Phi) is 6.52. The minimum absolute atomic E-state index is 0.133. The molecule has 0 fully saturated rings. The summed E-state index contributed by atoms with van der Waals surface area (Å²) >= 11 is 0. The van der Waals surface area contributed by atoms with Crippen LogP contribution in [0.3, 0.4) is 0 Å². The van der Waals surface area contributed by atoms with Crippen LogP contribution >= 0.6 is 0 Å². The Morgan fingerprint density at radius 3 is 2.35 bits per heavy atom. The van der Waals surface area contributed by atoms with Crippen LogP contribution in [0.2, 0.25) is 0 Å². The lowest BCUT2D eigenvalue weighted by molar-refractivity contribution is 0.138. The number of benzene rings is 1. The molecule has 0 aliphatic carbocycles. The second-order valence-electron chi connectivity index (χ2n) is 5.90. The minimum atomic E-state index is -0.151. The first-order chi connectivity index (χ1) is 9.43. The maximum absolute atomic E-state index is 11.8. The molecule has 0 aliphatic heterocycles. The maximum atomic E-state index is 11.8. The number of nitrogens with zero attached hydrogens (tertiary/aromatic N) is 1. The van der Waals surface area contributed by atoms with E-state index in [-0.39, 0.29) is 11.6 Å². The molecule has 0 heterocycles. The van der Waals surface area contributed by atoms with Crippen LogP contribution < -0.4 is 10.6 Å². The molecule has 0 radical (unpaired) electrons. The molecule has 1 rings (SSSR count). The van der Waals surface area contributed by atoms with Crippen molar-refractivity contribution in [3.8, 4) is 0 Å². The van der Waals surface area contributed by atoms with Crippen molar-refractivity contribution in [3.63, 3.8) is 0 Å². The summed E-state index contributed by atoms with van der Waals surface area (Å²) in [5.41, 5.74) is 0.944. The average molecular weight is 277 g/mol. The van der Waals surface area contributed by atoms with E-state index >= 15 is 0 Å². The van der Waals surface area contributed by atoms with Gasteiger partial charge in [-0.1, -0.05) is 25.1 Å². The van der Waals surface area contributed by atoms with E-state index in [0.717, 1.165) is 25.2 Å². The molecule has 1 aromatic rings. The van der Waals surface area contributed by atoms with Crippen molar-refractivity contribution in [2.75, 3.05) is 25.0 Å². The lowest BCUT2D eigenvalue weighted by Crippen LogP contribution is -2.46. The van der Waals surface area contributed by atoms with E-state index in [0.29, 0.717) is 6.54 Å². The van der Waals surface area contributed by atoms with Gasteiger partial charge < -0.3 is 10.6 Å². The fraction of sp³-hybridized carbons (Fsp3) is 0.562. The highest BCUT2D eigenvalue weighted by atomic mass is 16.2. The van der Waals surface area contributed by atoms with Crippen molar-refractivity contribution < 1.29 is 4.79 Å². The Balaban J connectivity index is 2.34. The predicted octanol–water partition coefficient (Wildman–Crippen LogP) is 3.32. The second-order valence-corrected chi connectivity index (χ2v) is 5.90. The number of amides is 2. The standard InChI is InChI=1S/C16H27N3O/c1-5-12-19(16(2,3)4)13-11-17-15(20)18-14-9-7-6-8-10-14/h6-10H,5,11-13H2,1-4H3,(H2,17,18,20). The van der Waals surface area contributed by atoms with Gasteiger partial charge in [0.1, 0.15) is 0 Å². The number of para-hydroxylation sites is 1. The van der Waals surface area contributed by atoms with Gasteiger partial charge >= 0.3 is 6.03 Å². The van der Waals surface area contributed by atoms with Crippen LogP contribution in [0.1, 0.15) is 34.1 Å². The Bertz CT molecular complexity index is 398. The van der Waals surface area contributed by atoms with Gasteiger partial charge in [0.05, 0.1) is 0 Å². The number of carbonyl (C=O) groups excluding carboxylic acids is 1. The first kappa shape index (κ1) is 16.5. The molecule has 0 aliphatic rings. The summed E-state index contributed by atoms with van der Waals surface area (Å²) < 4.78 is 0. The quantitative estimate of drug-likeness (QED) is 0.838. The van der Waals surface area contributed by atoms with Crippen molar-refractivity contribution in [3.05, 3.63) is 30.3 Å². The zero-order chi connectivity index (χ0) is 15.0. The predicted molar refractivity (Wildman–Crippen MR) is 85.1 cm³/mol. The number of urea groups is 1. The highest BCUT2D eigenvalue weighted by molar-refractivity contribution is 5.89. The third kappa shape index (κ3) is 6.06. The third-order valence-electron chi connectivity index (χ3n) is 3.14. The van der Waals surface area contributed by atoms with Gasteiger partial charge in [0.2, 0.25) is 0 Å². The van der Waals surface area contributed by atoms with Crippen molar-refractivity contribution in [2.45, 2.75) is 39.7 Å². The number of hydrogen-bond donors (Lipinski definition) is 2. The molecule has 0 atom stereocenters. The summed E-state index contributed by atoms with van der Waals surface area (Å²) in [6.45, 7) is 11.3. The topological polar surface area (TPSA) is 44.4 Å². The first-order valence-corrected chi connectivity index (χ1v) is 7.28. The van der Waals surface area contributed by atoms with E-state index in [1.54, 1.807) is 0 Å². The van der Waals surface area contributed by atoms with Gasteiger partial charge in [-0.3, -0.25) is 4.90 Å². The van der Waals surface area contributed by atoms with Gasteiger partial charge in [-0.25, -0.2) is 4.79 Å². The van der Waals surface area contributed by atoms with Crippen molar-refractivity contribution in [1.82, 2.24) is 10.2 Å². The summed E-state index contributed by atoms with van der Waals surface area (Å²) in [5, 5.41) is 5.72. The van der Waals surface area contributed by atoms with Gasteiger partial charge in [-0.05, 0) is 45.9 Å². The van der Waals surface area contributed by atoms with E-state index in [2.05, 4.69) is 43.2 Å². The van der Waals surface area contributed by atoms with Crippen LogP contribution in [0.25, 0.3) is 0 Å². The van der Waals surface area contributed by atoms with E-state index in [4.69, 9.17) is 0 Å². The molecule has 0 aromatic heterocycles. The van der Waals surface area contributed by atoms with Crippen LogP contribution in [-0.2, 0) is 0 Å². The lowest BCUT2D eigenvalue weighted by atomic mass is 10.1. The maximum Gasteiger partial charge on any atom is 0.319 e. The molecule has 4 heteroatoms. The molecule has 0 saturated heterocycles. The molecular weight excluding hydrogens is 250 g/mol. The lowest BCUT2D eigenvalue weighted by Gasteiger charge is -2.35. The minimum Gasteiger partial charge on any atom is -0.337 e. The normalized spacial score (nSPS) is 11.4. The molecule has 20 heavy (non-hydrogen) atoms. The summed E-state index contributed by atoms with van der Waals surface area (Å²) in [5.74, 6) is 0. The Morgan fingerprint density at radius 2 is 1.80 bits per heavy atom. The average Bonchev–Trinajstić information content (AvgIpc) is 2.37. The second kappa shape index (κ2) is 7.90. The molecule has 2 amide bonds. The molecule has 4 nitrogen and oxygen atoms in total. The van der Waals surface area contributed by atoms with Crippen molar-refractivity contribution in [1.29, 1.82) is 0 Å². The number of carbonyl (C=O) groups is 1. The fourth-order valence-corrected chi connectivity index (χ4v) is 2.05. The number of hydrogen-bond acceptors (Lipinski definition) is 2. The van der Waals surface area contributed by atoms with E-state index in [1.165, 1.54) is 0 Å². The summed E-state index contributed by atoms with van der Waals surface area (Å²) in [7, 11) is 0. The Hall–Kier alpha value is -1.55. The summed E-state index contributed by atoms with van der Waals surface area (Å²) in [6, 6.07) is 9.32. The van der Waals surface area contributed by atoms with Gasteiger partial charge in [0.15, 0.2) is 0 Å². The van der Waals surface area contributed by atoms with Crippen LogP contribution in [0.4, 0.5) is 10.5 Å². The SMILES string of the molecule is CCCN(CCNC(=O)Nc1ccccc1)C(C)(C)C. The molecule has 2 N–H and O–H groups in total. The van der Waals surface area contributed by atoms with Crippen molar-refractivity contribution >= 4 is 11.7 Å². The van der Waals surface area contributed by atoms with Crippen LogP contribution in [0, 0.1) is 0 Å². The van der Waals surface area contributed by atoms with Gasteiger partial charge in [-0.2, -0.15) is 0 Å². The number of rotatable bonds is 6. The molecule has 0 spiro atoms. The van der Waals surface area contributed by atoms with Gasteiger partial charge in [0, 0.05) is 24.3 Å².